The molecule has 1 amide bonds. The first kappa shape index (κ1) is 21.0. The van der Waals surface area contributed by atoms with E-state index >= 15 is 0 Å². The molecule has 9 heteroatoms. The first-order chi connectivity index (χ1) is 14.1. The molecule has 2 aromatic heterocycles. The number of para-hydroxylation sites is 2. The molecule has 1 aromatic carbocycles. The minimum Gasteiger partial charge on any atom is -0.495 e. The summed E-state index contributed by atoms with van der Waals surface area (Å²) in [4.78, 5) is 15.7. The van der Waals surface area contributed by atoms with Crippen molar-refractivity contribution < 1.29 is 18.7 Å². The van der Waals surface area contributed by atoms with Gasteiger partial charge in [0, 0.05) is 13.7 Å². The molecule has 1 atom stereocenters. The van der Waals surface area contributed by atoms with E-state index in [0.717, 1.165) is 4.88 Å². The van der Waals surface area contributed by atoms with Gasteiger partial charge in [-0.05, 0) is 30.5 Å². The number of hydrogen-bond acceptors (Lipinski definition) is 8. The Hall–Kier alpha value is -2.75. The average molecular weight is 417 g/mol. The summed E-state index contributed by atoms with van der Waals surface area (Å²) in [5, 5.41) is 13.1. The minimum atomic E-state index is -0.452. The van der Waals surface area contributed by atoms with Gasteiger partial charge in [0.05, 0.1) is 36.9 Å². The molecule has 0 unspecified atom stereocenters. The van der Waals surface area contributed by atoms with Gasteiger partial charge in [-0.2, -0.15) is 0 Å². The number of thiophene rings is 1. The van der Waals surface area contributed by atoms with E-state index < -0.39 is 6.04 Å². The van der Waals surface area contributed by atoms with E-state index in [1.54, 1.807) is 26.4 Å². The number of ether oxygens (including phenoxy) is 2. The van der Waals surface area contributed by atoms with Crippen molar-refractivity contribution in [1.29, 1.82) is 0 Å². The van der Waals surface area contributed by atoms with Crippen LogP contribution in [0.1, 0.15) is 12.8 Å². The Morgan fingerprint density at radius 1 is 1.24 bits per heavy atom. The first-order valence-corrected chi connectivity index (χ1v) is 10.0. The third-order valence-electron chi connectivity index (χ3n) is 4.41. The summed E-state index contributed by atoms with van der Waals surface area (Å²) in [6, 6.07) is 10.7. The molecule has 0 aliphatic carbocycles. The largest absolute Gasteiger partial charge is 0.495 e. The fourth-order valence-electron chi connectivity index (χ4n) is 2.76. The summed E-state index contributed by atoms with van der Waals surface area (Å²) in [5.74, 6) is 1.37. The standard InChI is InChI=1S/C20H24N4O4S/c1-14(19(25)21-15-7-4-5-8-16(15)27-3)24(10-11-26-2)13-18-22-23-20(28-18)17-9-6-12-29-17/h4-9,12,14H,10-11,13H2,1-3H3,(H,21,25)/t14-/m1/s1. The average Bonchev–Trinajstić information content (AvgIpc) is 3.42. The number of carbonyl (C=O) groups excluding carboxylic acids is 1. The van der Waals surface area contributed by atoms with E-state index in [1.807, 2.05) is 41.5 Å². The number of aromatic nitrogens is 2. The van der Waals surface area contributed by atoms with Crippen molar-refractivity contribution in [2.45, 2.75) is 19.5 Å². The number of methoxy groups -OCH3 is 2. The van der Waals surface area contributed by atoms with Crippen LogP contribution in [-0.4, -0.2) is 54.4 Å². The van der Waals surface area contributed by atoms with Crippen molar-refractivity contribution in [3.63, 3.8) is 0 Å². The highest BCUT2D eigenvalue weighted by Gasteiger charge is 2.24. The van der Waals surface area contributed by atoms with Crippen LogP contribution in [0.15, 0.2) is 46.2 Å². The van der Waals surface area contributed by atoms with Crippen molar-refractivity contribution in [3.05, 3.63) is 47.7 Å². The van der Waals surface area contributed by atoms with Gasteiger partial charge in [0.2, 0.25) is 11.8 Å². The third-order valence-corrected chi connectivity index (χ3v) is 5.27. The molecule has 0 bridgehead atoms. The van der Waals surface area contributed by atoms with Gasteiger partial charge in [0.25, 0.3) is 5.89 Å². The molecule has 154 valence electrons. The number of hydrogen-bond donors (Lipinski definition) is 1. The van der Waals surface area contributed by atoms with Gasteiger partial charge in [0.1, 0.15) is 5.75 Å². The number of nitrogens with zero attached hydrogens (tertiary/aromatic N) is 3. The maximum absolute atomic E-state index is 12.9. The predicted molar refractivity (Wildman–Crippen MR) is 111 cm³/mol. The molecule has 0 fully saturated rings. The molecule has 3 aromatic rings. The van der Waals surface area contributed by atoms with E-state index in [-0.39, 0.29) is 5.91 Å². The Morgan fingerprint density at radius 3 is 2.79 bits per heavy atom. The van der Waals surface area contributed by atoms with Crippen LogP contribution in [0, 0.1) is 0 Å². The summed E-state index contributed by atoms with van der Waals surface area (Å²) in [6.45, 7) is 3.17. The fraction of sp³-hybridized carbons (Fsp3) is 0.350. The summed E-state index contributed by atoms with van der Waals surface area (Å²) < 4.78 is 16.3. The van der Waals surface area contributed by atoms with Crippen LogP contribution in [-0.2, 0) is 16.1 Å². The van der Waals surface area contributed by atoms with Crippen LogP contribution in [0.4, 0.5) is 5.69 Å². The number of anilines is 1. The van der Waals surface area contributed by atoms with Crippen molar-refractivity contribution in [3.8, 4) is 16.5 Å². The van der Waals surface area contributed by atoms with E-state index in [0.29, 0.717) is 42.9 Å². The zero-order chi connectivity index (χ0) is 20.6. The van der Waals surface area contributed by atoms with Crippen LogP contribution in [0.2, 0.25) is 0 Å². The quantitative estimate of drug-likeness (QED) is 0.542. The third kappa shape index (κ3) is 5.41. The lowest BCUT2D eigenvalue weighted by molar-refractivity contribution is -0.121. The Bertz CT molecular complexity index is 913. The maximum atomic E-state index is 12.9. The highest BCUT2D eigenvalue weighted by atomic mass is 32.1. The summed E-state index contributed by atoms with van der Waals surface area (Å²) in [6.07, 6.45) is 0. The molecule has 0 aliphatic heterocycles. The van der Waals surface area contributed by atoms with Crippen molar-refractivity contribution in [1.82, 2.24) is 15.1 Å². The fourth-order valence-corrected chi connectivity index (χ4v) is 3.40. The molecule has 0 spiro atoms. The lowest BCUT2D eigenvalue weighted by Gasteiger charge is -2.26. The lowest BCUT2D eigenvalue weighted by Crippen LogP contribution is -2.43. The Labute approximate surface area is 173 Å². The highest BCUT2D eigenvalue weighted by Crippen LogP contribution is 2.25. The van der Waals surface area contributed by atoms with Gasteiger partial charge in [-0.25, -0.2) is 0 Å². The van der Waals surface area contributed by atoms with Crippen molar-refractivity contribution in [2.75, 3.05) is 32.7 Å². The maximum Gasteiger partial charge on any atom is 0.257 e. The van der Waals surface area contributed by atoms with Crippen LogP contribution in [0.5, 0.6) is 5.75 Å². The highest BCUT2D eigenvalue weighted by molar-refractivity contribution is 7.13. The van der Waals surface area contributed by atoms with Crippen LogP contribution in [0.3, 0.4) is 0 Å². The first-order valence-electron chi connectivity index (χ1n) is 9.15. The van der Waals surface area contributed by atoms with E-state index in [2.05, 4.69) is 15.5 Å². The zero-order valence-corrected chi connectivity index (χ0v) is 17.4. The Kier molecular flexibility index (Phi) is 7.34. The van der Waals surface area contributed by atoms with Gasteiger partial charge < -0.3 is 19.2 Å². The second-order valence-corrected chi connectivity index (χ2v) is 7.25. The molecular weight excluding hydrogens is 392 g/mol. The van der Waals surface area contributed by atoms with Crippen LogP contribution in [0.25, 0.3) is 10.8 Å². The summed E-state index contributed by atoms with van der Waals surface area (Å²) >= 11 is 1.53. The molecule has 0 aliphatic rings. The molecule has 2 heterocycles. The van der Waals surface area contributed by atoms with E-state index in [9.17, 15) is 4.79 Å². The number of nitrogens with one attached hydrogen (secondary N) is 1. The molecule has 0 saturated heterocycles. The molecule has 29 heavy (non-hydrogen) atoms. The number of amides is 1. The minimum absolute atomic E-state index is 0.163. The predicted octanol–water partition coefficient (Wildman–Crippen LogP) is 3.28. The second-order valence-electron chi connectivity index (χ2n) is 6.31. The van der Waals surface area contributed by atoms with Gasteiger partial charge >= 0.3 is 0 Å². The topological polar surface area (TPSA) is 89.7 Å². The van der Waals surface area contributed by atoms with Crippen molar-refractivity contribution in [2.24, 2.45) is 0 Å². The van der Waals surface area contributed by atoms with Gasteiger partial charge in [0.15, 0.2) is 0 Å². The van der Waals surface area contributed by atoms with Crippen LogP contribution >= 0.6 is 11.3 Å². The summed E-state index contributed by atoms with van der Waals surface area (Å²) in [5.41, 5.74) is 0.622. The van der Waals surface area contributed by atoms with E-state index in [1.165, 1.54) is 11.3 Å². The molecule has 0 saturated carbocycles. The lowest BCUT2D eigenvalue weighted by atomic mass is 10.2. The number of benzene rings is 1. The van der Waals surface area contributed by atoms with Gasteiger partial charge in [-0.15, -0.1) is 21.5 Å². The van der Waals surface area contributed by atoms with Gasteiger partial charge in [-0.1, -0.05) is 18.2 Å². The normalized spacial score (nSPS) is 12.1. The number of rotatable bonds is 10. The second kappa shape index (κ2) is 10.1. The van der Waals surface area contributed by atoms with Crippen molar-refractivity contribution >= 4 is 22.9 Å². The molecule has 0 radical (unpaired) electrons. The van der Waals surface area contributed by atoms with E-state index in [4.69, 9.17) is 13.9 Å². The SMILES string of the molecule is COCCN(Cc1nnc(-c2cccs2)o1)[C@H](C)C(=O)Nc1ccccc1OC. The Balaban J connectivity index is 1.70. The molecule has 3 rings (SSSR count). The summed E-state index contributed by atoms with van der Waals surface area (Å²) in [7, 11) is 3.19. The smallest absolute Gasteiger partial charge is 0.257 e. The monoisotopic (exact) mass is 416 g/mol. The zero-order valence-electron chi connectivity index (χ0n) is 16.6. The van der Waals surface area contributed by atoms with Crippen LogP contribution < -0.4 is 10.1 Å². The molecular formula is C20H24N4O4S. The Morgan fingerprint density at radius 2 is 2.07 bits per heavy atom. The van der Waals surface area contributed by atoms with Gasteiger partial charge in [-0.3, -0.25) is 9.69 Å². The molecule has 1 N–H and O–H groups in total. The molecule has 8 nitrogen and oxygen atoms in total. The number of carbonyl (C=O) groups is 1.